The maximum Gasteiger partial charge on any atom is 0.397 e. The van der Waals surface area contributed by atoms with E-state index in [-0.39, 0.29) is 32.9 Å². The highest BCUT2D eigenvalue weighted by molar-refractivity contribution is 7.94. The Labute approximate surface area is 242 Å². The van der Waals surface area contributed by atoms with E-state index in [4.69, 9.17) is 25.0 Å². The number of rotatable bonds is 13. The molecule has 3 aromatic carbocycles. The molecular formula is C20H21N3O15S4. The number of aromatic hydroxyl groups is 1. The van der Waals surface area contributed by atoms with Crippen molar-refractivity contribution < 1.29 is 67.8 Å². The molecule has 0 bridgehead atoms. The number of ether oxygens (including phenoxy) is 2. The van der Waals surface area contributed by atoms with Crippen LogP contribution in [-0.4, -0.2) is 71.3 Å². The van der Waals surface area contributed by atoms with Crippen molar-refractivity contribution in [2.45, 2.75) is 14.7 Å². The highest BCUT2D eigenvalue weighted by Crippen LogP contribution is 2.45. The van der Waals surface area contributed by atoms with E-state index in [1.54, 1.807) is 0 Å². The standard InChI is InChI=1S/C20H21N3O15S4/c1-34-14-9-16(40(26,27)4-3-36-42(31,32)33)15(35-2)8-12(14)22-23-20-17(41(28,29)30)6-10-5-11(39-38-37-25)7-13(24)18(10)19(20)21/h5-9,24-25H,3-4,21H2,1-2H3,(H,28,29,30)(H,31,32,33)/b23-22+. The second-order valence-corrected chi connectivity index (χ2v) is 13.2. The lowest BCUT2D eigenvalue weighted by Crippen LogP contribution is -2.16. The lowest BCUT2D eigenvalue weighted by Gasteiger charge is -2.14. The smallest absolute Gasteiger partial charge is 0.397 e. The monoisotopic (exact) mass is 671 g/mol. The van der Waals surface area contributed by atoms with Gasteiger partial charge in [0.05, 0.1) is 44.3 Å². The van der Waals surface area contributed by atoms with Crippen LogP contribution in [0, 0.1) is 0 Å². The van der Waals surface area contributed by atoms with Gasteiger partial charge in [0.15, 0.2) is 9.84 Å². The minimum absolute atomic E-state index is 0.00917. The van der Waals surface area contributed by atoms with Gasteiger partial charge < -0.3 is 20.3 Å². The SMILES string of the molecule is COc1cc(S(=O)(=O)CCOS(=O)(=O)O)c(OC)cc1/N=N/c1c(S(=O)(=O)O)cc2cc(SOOO)cc(O)c2c1N. The quantitative estimate of drug-likeness (QED) is 0.0436. The molecule has 42 heavy (non-hydrogen) atoms. The highest BCUT2D eigenvalue weighted by atomic mass is 32.3. The number of azo groups is 1. The van der Waals surface area contributed by atoms with Gasteiger partial charge in [-0.15, -0.1) is 14.6 Å². The summed E-state index contributed by atoms with van der Waals surface area (Å²) in [6.07, 6.45) is 0. The van der Waals surface area contributed by atoms with Crippen LogP contribution in [0.4, 0.5) is 17.1 Å². The van der Waals surface area contributed by atoms with Crippen LogP contribution in [0.3, 0.4) is 0 Å². The fraction of sp³-hybridized carbons (Fsp3) is 0.200. The number of phenolic OH excluding ortho intramolecular Hbond substituents is 1. The second kappa shape index (κ2) is 12.9. The van der Waals surface area contributed by atoms with Crippen LogP contribution < -0.4 is 15.2 Å². The van der Waals surface area contributed by atoms with Gasteiger partial charge in [0.2, 0.25) is 0 Å². The molecule has 6 N–H and O–H groups in total. The average Bonchev–Trinajstić information content (AvgIpc) is 2.88. The highest BCUT2D eigenvalue weighted by Gasteiger charge is 2.26. The fourth-order valence-electron chi connectivity index (χ4n) is 3.53. The van der Waals surface area contributed by atoms with Gasteiger partial charge >= 0.3 is 10.4 Å². The van der Waals surface area contributed by atoms with Crippen molar-refractivity contribution in [3.05, 3.63) is 30.3 Å². The Bertz CT molecular complexity index is 1860. The third kappa shape index (κ3) is 7.74. The first-order valence-electron chi connectivity index (χ1n) is 10.8. The van der Waals surface area contributed by atoms with E-state index >= 15 is 0 Å². The summed E-state index contributed by atoms with van der Waals surface area (Å²) in [4.78, 5) is -1.15. The van der Waals surface area contributed by atoms with E-state index in [2.05, 4.69) is 23.8 Å². The first-order chi connectivity index (χ1) is 19.5. The van der Waals surface area contributed by atoms with Crippen molar-refractivity contribution in [3.63, 3.8) is 0 Å². The van der Waals surface area contributed by atoms with Gasteiger partial charge in [-0.2, -0.15) is 16.8 Å². The first kappa shape index (κ1) is 33.2. The molecule has 0 amide bonds. The number of phenols is 1. The van der Waals surface area contributed by atoms with Crippen LogP contribution >= 0.6 is 12.0 Å². The summed E-state index contributed by atoms with van der Waals surface area (Å²) in [6.45, 7) is -0.914. The molecule has 230 valence electrons. The minimum atomic E-state index is -4.99. The third-order valence-electron chi connectivity index (χ3n) is 5.25. The Hall–Kier alpha value is -3.32. The number of fused-ring (bicyclic) bond motifs is 1. The number of nitrogens with zero attached hydrogens (tertiary/aromatic N) is 2. The number of sulfone groups is 1. The zero-order chi connectivity index (χ0) is 31.5. The number of nitrogen functional groups attached to an aromatic ring is 1. The van der Waals surface area contributed by atoms with Crippen molar-refractivity contribution in [2.24, 2.45) is 10.2 Å². The normalized spacial score (nSPS) is 12.7. The molecule has 0 saturated carbocycles. The first-order valence-corrected chi connectivity index (χ1v) is 16.0. The topological polar surface area (TPSA) is 280 Å². The van der Waals surface area contributed by atoms with Gasteiger partial charge in [0.25, 0.3) is 10.1 Å². The summed E-state index contributed by atoms with van der Waals surface area (Å²) in [7, 11) is -11.9. The van der Waals surface area contributed by atoms with Crippen LogP contribution in [0.5, 0.6) is 17.2 Å². The van der Waals surface area contributed by atoms with Crippen LogP contribution in [0.1, 0.15) is 0 Å². The maximum atomic E-state index is 12.8. The molecule has 18 nitrogen and oxygen atoms in total. The Morgan fingerprint density at radius 3 is 2.14 bits per heavy atom. The predicted molar refractivity (Wildman–Crippen MR) is 144 cm³/mol. The number of nitrogens with two attached hydrogens (primary N) is 1. The van der Waals surface area contributed by atoms with E-state index < -0.39 is 69.6 Å². The molecular weight excluding hydrogens is 650 g/mol. The van der Waals surface area contributed by atoms with Gasteiger partial charge in [-0.1, -0.05) is 5.04 Å². The number of benzene rings is 3. The third-order valence-corrected chi connectivity index (χ3v) is 8.83. The van der Waals surface area contributed by atoms with Crippen molar-refractivity contribution >= 4 is 70.2 Å². The van der Waals surface area contributed by atoms with Crippen LogP contribution in [0.25, 0.3) is 10.8 Å². The van der Waals surface area contributed by atoms with Gasteiger partial charge in [-0.25, -0.2) is 17.9 Å². The second-order valence-electron chi connectivity index (χ2n) is 7.82. The Kier molecular flexibility index (Phi) is 10.2. The number of hydrogen-bond donors (Lipinski definition) is 5. The molecule has 0 aromatic heterocycles. The Morgan fingerprint density at radius 1 is 0.905 bits per heavy atom. The lowest BCUT2D eigenvalue weighted by atomic mass is 10.1. The van der Waals surface area contributed by atoms with Crippen LogP contribution in [0.2, 0.25) is 0 Å². The number of methoxy groups -OCH3 is 2. The lowest BCUT2D eigenvalue weighted by molar-refractivity contribution is -0.432. The molecule has 0 aliphatic carbocycles. The number of hydrogen-bond acceptors (Lipinski definition) is 17. The number of anilines is 1. The molecule has 3 aromatic rings. The summed E-state index contributed by atoms with van der Waals surface area (Å²) >= 11 is 0.456. The molecule has 0 fully saturated rings. The summed E-state index contributed by atoms with van der Waals surface area (Å²) < 4.78 is 109. The summed E-state index contributed by atoms with van der Waals surface area (Å²) in [5.74, 6) is -1.90. The Morgan fingerprint density at radius 2 is 1.57 bits per heavy atom. The zero-order valence-corrected chi connectivity index (χ0v) is 24.5. The van der Waals surface area contributed by atoms with Crippen molar-refractivity contribution in [1.29, 1.82) is 0 Å². The summed E-state index contributed by atoms with van der Waals surface area (Å²) in [5, 5.41) is 30.0. The molecule has 0 atom stereocenters. The zero-order valence-electron chi connectivity index (χ0n) is 21.2. The van der Waals surface area contributed by atoms with E-state index in [9.17, 15) is 34.9 Å². The van der Waals surface area contributed by atoms with Crippen LogP contribution in [0.15, 0.2) is 55.2 Å². The molecule has 22 heteroatoms. The van der Waals surface area contributed by atoms with Crippen molar-refractivity contribution in [3.8, 4) is 17.2 Å². The molecule has 0 heterocycles. The molecule has 3 rings (SSSR count). The molecule has 0 aliphatic heterocycles. The summed E-state index contributed by atoms with van der Waals surface area (Å²) in [5.41, 5.74) is 4.88. The van der Waals surface area contributed by atoms with Crippen LogP contribution in [-0.2, 0) is 43.9 Å². The average molecular weight is 672 g/mol. The fourth-order valence-corrected chi connectivity index (χ4v) is 6.30. The van der Waals surface area contributed by atoms with Gasteiger partial charge in [0.1, 0.15) is 38.4 Å². The van der Waals surface area contributed by atoms with E-state index in [0.717, 1.165) is 38.5 Å². The van der Waals surface area contributed by atoms with E-state index in [1.807, 2.05) is 0 Å². The predicted octanol–water partition coefficient (Wildman–Crippen LogP) is 2.83. The molecule has 0 saturated heterocycles. The molecule has 0 radical (unpaired) electrons. The van der Waals surface area contributed by atoms with E-state index in [1.165, 1.54) is 6.07 Å². The largest absolute Gasteiger partial charge is 0.507 e. The van der Waals surface area contributed by atoms with Crippen molar-refractivity contribution in [2.75, 3.05) is 32.3 Å². The minimum Gasteiger partial charge on any atom is -0.507 e. The van der Waals surface area contributed by atoms with Gasteiger partial charge in [-0.05, 0) is 23.6 Å². The maximum absolute atomic E-state index is 12.8. The molecule has 0 spiro atoms. The van der Waals surface area contributed by atoms with Gasteiger partial charge in [-0.3, -0.25) is 9.11 Å². The molecule has 0 aliphatic rings. The Balaban J connectivity index is 2.15. The van der Waals surface area contributed by atoms with Gasteiger partial charge in [0, 0.05) is 22.4 Å². The van der Waals surface area contributed by atoms with E-state index in [0.29, 0.717) is 12.0 Å². The van der Waals surface area contributed by atoms with Crippen molar-refractivity contribution in [1.82, 2.24) is 0 Å². The summed E-state index contributed by atoms with van der Waals surface area (Å²) in [6, 6.07) is 5.38. The molecule has 0 unspecified atom stereocenters.